The monoisotopic (exact) mass is 432 g/mol. The molecule has 178 valence electrons. The smallest absolute Gasteiger partial charge is 0.102 e. The molecule has 3 nitrogen and oxygen atoms in total. The Balaban J connectivity index is 1.42. The molecule has 2 unspecified atom stereocenters. The third-order valence-electron chi connectivity index (χ3n) is 11.2. The Morgan fingerprint density at radius 2 is 1.84 bits per heavy atom. The third-order valence-corrected chi connectivity index (χ3v) is 11.2. The van der Waals surface area contributed by atoms with Gasteiger partial charge in [-0.25, -0.2) is 0 Å². The lowest BCUT2D eigenvalue weighted by Gasteiger charge is -2.58. The molecule has 0 aromatic rings. The minimum absolute atomic E-state index is 0.148. The number of likely N-dealkylation sites (N-methyl/N-ethyl adjacent to an activating group) is 1. The minimum Gasteiger partial charge on any atom is -0.393 e. The summed E-state index contributed by atoms with van der Waals surface area (Å²) in [6.45, 7) is 16.1. The minimum atomic E-state index is -0.148. The molecular weight excluding hydrogens is 382 g/mol. The van der Waals surface area contributed by atoms with Crippen LogP contribution in [0.25, 0.3) is 0 Å². The Kier molecular flexibility index (Phi) is 6.72. The van der Waals surface area contributed by atoms with Crippen molar-refractivity contribution in [2.45, 2.75) is 98.2 Å². The third kappa shape index (κ3) is 4.06. The fraction of sp³-hybridized carbons (Fsp3) is 0.929. The van der Waals surface area contributed by atoms with E-state index in [1.807, 2.05) is 6.92 Å². The molecule has 0 heterocycles. The standard InChI is InChI=1S/C28H50NO2/c1-7-29(6,8-2)17-18-31-22-13-15-27(4)21(19-22)9-10-23-25-12-11-24(20(3)30)28(25,5)16-14-26(23)27/h9,20,22-26,30H,7-8,10-19H2,1-6H3/q+1/t20?,22?,23-,24+,25-,26-,27-,28+/m0/s1. The number of rotatable bonds is 7. The maximum absolute atomic E-state index is 10.4. The van der Waals surface area contributed by atoms with Gasteiger partial charge in [-0.2, -0.15) is 0 Å². The van der Waals surface area contributed by atoms with E-state index >= 15 is 0 Å². The van der Waals surface area contributed by atoms with Crippen molar-refractivity contribution in [2.75, 3.05) is 33.3 Å². The van der Waals surface area contributed by atoms with E-state index in [2.05, 4.69) is 40.8 Å². The number of fused-ring (bicyclic) bond motifs is 5. The fourth-order valence-electron chi connectivity index (χ4n) is 8.58. The van der Waals surface area contributed by atoms with Gasteiger partial charge in [-0.1, -0.05) is 25.5 Å². The van der Waals surface area contributed by atoms with Crippen LogP contribution in [0.1, 0.15) is 86.0 Å². The zero-order valence-electron chi connectivity index (χ0n) is 21.3. The molecule has 0 spiro atoms. The van der Waals surface area contributed by atoms with Crippen LogP contribution in [0.3, 0.4) is 0 Å². The van der Waals surface area contributed by atoms with Crippen molar-refractivity contribution in [1.82, 2.24) is 0 Å². The molecule has 0 radical (unpaired) electrons. The molecule has 0 aliphatic heterocycles. The van der Waals surface area contributed by atoms with Crippen LogP contribution in [0, 0.1) is 34.5 Å². The molecule has 4 rings (SSSR count). The fourth-order valence-corrected chi connectivity index (χ4v) is 8.58. The van der Waals surface area contributed by atoms with Crippen molar-refractivity contribution in [3.8, 4) is 0 Å². The van der Waals surface area contributed by atoms with Crippen LogP contribution in [-0.4, -0.2) is 55.1 Å². The Morgan fingerprint density at radius 3 is 2.52 bits per heavy atom. The quantitative estimate of drug-likeness (QED) is 0.406. The van der Waals surface area contributed by atoms with Crippen LogP contribution in [0.2, 0.25) is 0 Å². The number of hydrogen-bond donors (Lipinski definition) is 1. The number of allylic oxidation sites excluding steroid dienone is 1. The van der Waals surface area contributed by atoms with Crippen LogP contribution in [0.4, 0.5) is 0 Å². The van der Waals surface area contributed by atoms with Gasteiger partial charge in [-0.05, 0) is 107 Å². The second-order valence-electron chi connectivity index (χ2n) is 12.4. The summed E-state index contributed by atoms with van der Waals surface area (Å²) in [5.41, 5.74) is 2.48. The Morgan fingerprint density at radius 1 is 1.10 bits per heavy atom. The van der Waals surface area contributed by atoms with E-state index in [9.17, 15) is 5.11 Å². The first-order valence-corrected chi connectivity index (χ1v) is 13.5. The SMILES string of the molecule is CC[N+](C)(CC)CCOC1CC[C@@]2(C)C(=CC[C@H]3[C@@H]4CC[C@H](C(C)O)[C@@]4(C)CC[C@@H]32)C1. The van der Waals surface area contributed by atoms with Crippen LogP contribution < -0.4 is 0 Å². The van der Waals surface area contributed by atoms with Gasteiger partial charge in [0.05, 0.1) is 39.0 Å². The first-order chi connectivity index (χ1) is 14.7. The predicted molar refractivity (Wildman–Crippen MR) is 129 cm³/mol. The second-order valence-corrected chi connectivity index (χ2v) is 12.4. The molecule has 3 fully saturated rings. The van der Waals surface area contributed by atoms with Crippen molar-refractivity contribution in [2.24, 2.45) is 34.5 Å². The van der Waals surface area contributed by atoms with Crippen LogP contribution >= 0.6 is 0 Å². The summed E-state index contributed by atoms with van der Waals surface area (Å²) in [6, 6.07) is 0. The number of hydrogen-bond acceptors (Lipinski definition) is 2. The highest BCUT2D eigenvalue weighted by Crippen LogP contribution is 2.66. The van der Waals surface area contributed by atoms with Crippen LogP contribution in [0.5, 0.6) is 0 Å². The van der Waals surface area contributed by atoms with Crippen LogP contribution in [0.15, 0.2) is 11.6 Å². The molecule has 3 heteroatoms. The molecule has 0 amide bonds. The molecule has 8 atom stereocenters. The maximum Gasteiger partial charge on any atom is 0.102 e. The van der Waals surface area contributed by atoms with Gasteiger partial charge < -0.3 is 14.3 Å². The molecule has 0 aromatic heterocycles. The number of nitrogens with zero attached hydrogens (tertiary/aromatic N) is 1. The number of aliphatic hydroxyl groups is 1. The van der Waals surface area contributed by atoms with Crippen LogP contribution in [-0.2, 0) is 4.74 Å². The Hall–Kier alpha value is -0.380. The van der Waals surface area contributed by atoms with Crippen molar-refractivity contribution >= 4 is 0 Å². The van der Waals surface area contributed by atoms with Crippen molar-refractivity contribution < 1.29 is 14.3 Å². The summed E-state index contributed by atoms with van der Waals surface area (Å²) < 4.78 is 7.57. The lowest BCUT2D eigenvalue weighted by atomic mass is 9.47. The van der Waals surface area contributed by atoms with E-state index in [1.54, 1.807) is 5.57 Å². The average molecular weight is 433 g/mol. The van der Waals surface area contributed by atoms with Crippen molar-refractivity contribution in [3.63, 3.8) is 0 Å². The molecular formula is C28H50NO2+. The molecule has 0 bridgehead atoms. The average Bonchev–Trinajstić information content (AvgIpc) is 3.11. The van der Waals surface area contributed by atoms with E-state index < -0.39 is 0 Å². The zero-order valence-corrected chi connectivity index (χ0v) is 21.3. The number of aliphatic hydroxyl groups excluding tert-OH is 1. The molecule has 0 saturated heterocycles. The highest BCUT2D eigenvalue weighted by Gasteiger charge is 2.59. The molecule has 1 N–H and O–H groups in total. The summed E-state index contributed by atoms with van der Waals surface area (Å²) in [7, 11) is 2.35. The first kappa shape index (κ1) is 23.8. The zero-order chi connectivity index (χ0) is 22.4. The van der Waals surface area contributed by atoms with Gasteiger partial charge in [-0.15, -0.1) is 0 Å². The van der Waals surface area contributed by atoms with E-state index in [-0.39, 0.29) is 6.10 Å². The topological polar surface area (TPSA) is 29.5 Å². The lowest BCUT2D eigenvalue weighted by Crippen LogP contribution is -2.51. The van der Waals surface area contributed by atoms with E-state index in [0.717, 1.165) is 35.4 Å². The summed E-state index contributed by atoms with van der Waals surface area (Å²) in [5, 5.41) is 10.4. The molecule has 0 aromatic carbocycles. The highest BCUT2D eigenvalue weighted by molar-refractivity contribution is 5.25. The van der Waals surface area contributed by atoms with Gasteiger partial charge in [0.25, 0.3) is 0 Å². The first-order valence-electron chi connectivity index (χ1n) is 13.5. The summed E-state index contributed by atoms with van der Waals surface area (Å²) in [5.74, 6) is 3.00. The van der Waals surface area contributed by atoms with Gasteiger partial charge >= 0.3 is 0 Å². The van der Waals surface area contributed by atoms with Gasteiger partial charge in [0.15, 0.2) is 0 Å². The molecule has 31 heavy (non-hydrogen) atoms. The molecule has 4 aliphatic carbocycles. The molecule has 3 saturated carbocycles. The summed E-state index contributed by atoms with van der Waals surface area (Å²) in [6.07, 6.45) is 13.2. The van der Waals surface area contributed by atoms with E-state index in [1.165, 1.54) is 64.5 Å². The molecule has 4 aliphatic rings. The van der Waals surface area contributed by atoms with Gasteiger partial charge in [-0.3, -0.25) is 0 Å². The van der Waals surface area contributed by atoms with Gasteiger partial charge in [0.1, 0.15) is 6.54 Å². The largest absolute Gasteiger partial charge is 0.393 e. The maximum atomic E-state index is 10.4. The normalized spacial score (nSPS) is 43.6. The predicted octanol–water partition coefficient (Wildman–Crippen LogP) is 5.82. The summed E-state index contributed by atoms with van der Waals surface area (Å²) in [4.78, 5) is 0. The lowest BCUT2D eigenvalue weighted by molar-refractivity contribution is -0.906. The highest BCUT2D eigenvalue weighted by atomic mass is 16.5. The van der Waals surface area contributed by atoms with Crippen molar-refractivity contribution in [1.29, 1.82) is 0 Å². The number of ether oxygens (including phenoxy) is 1. The Labute approximate surface area is 192 Å². The number of quaternary nitrogens is 1. The van der Waals surface area contributed by atoms with Crippen molar-refractivity contribution in [3.05, 3.63) is 11.6 Å². The van der Waals surface area contributed by atoms with Gasteiger partial charge in [0, 0.05) is 0 Å². The van der Waals surface area contributed by atoms with E-state index in [0.29, 0.717) is 22.9 Å². The Bertz CT molecular complexity index is 668. The van der Waals surface area contributed by atoms with Gasteiger partial charge in [0.2, 0.25) is 0 Å². The second kappa shape index (κ2) is 8.76. The summed E-state index contributed by atoms with van der Waals surface area (Å²) >= 11 is 0. The van der Waals surface area contributed by atoms with E-state index in [4.69, 9.17) is 4.74 Å².